The topological polar surface area (TPSA) is 69.6 Å². The third-order valence-corrected chi connectivity index (χ3v) is 11.4. The number of amides is 1. The molecule has 0 bridgehead atoms. The maximum atomic E-state index is 12.4. The number of aliphatic hydroxyl groups is 2. The fourth-order valence-electron chi connectivity index (χ4n) is 7.54. The molecule has 0 aromatic rings. The Morgan fingerprint density at radius 1 is 0.424 bits per heavy atom. The van der Waals surface area contributed by atoms with Crippen LogP contribution in [-0.4, -0.2) is 34.9 Å². The maximum absolute atomic E-state index is 12.4. The normalized spacial score (nSPS) is 13.5. The predicted octanol–water partition coefficient (Wildman–Crippen LogP) is 16.6. The molecule has 2 atom stereocenters. The second-order valence-electron chi connectivity index (χ2n) is 17.2. The molecule has 0 saturated heterocycles. The minimum Gasteiger partial charge on any atom is -0.394 e. The lowest BCUT2D eigenvalue weighted by molar-refractivity contribution is -0.123. The van der Waals surface area contributed by atoms with Crippen molar-refractivity contribution in [2.75, 3.05) is 6.61 Å². The van der Waals surface area contributed by atoms with E-state index in [1.54, 1.807) is 6.08 Å². The van der Waals surface area contributed by atoms with Crippen molar-refractivity contribution in [2.45, 2.75) is 264 Å². The van der Waals surface area contributed by atoms with Gasteiger partial charge in [0.25, 0.3) is 0 Å². The largest absolute Gasteiger partial charge is 0.394 e. The number of unbranched alkanes of at least 4 members (excludes halogenated alkanes) is 29. The van der Waals surface area contributed by atoms with Crippen LogP contribution in [0.1, 0.15) is 251 Å². The van der Waals surface area contributed by atoms with Crippen molar-refractivity contribution in [2.24, 2.45) is 0 Å². The van der Waals surface area contributed by atoms with E-state index in [1.165, 1.54) is 161 Å². The van der Waals surface area contributed by atoms with Crippen molar-refractivity contribution in [3.8, 4) is 0 Å². The molecule has 1 amide bonds. The number of rotatable bonds is 46. The molecule has 0 rings (SSSR count). The lowest BCUT2D eigenvalue weighted by Gasteiger charge is -2.19. The van der Waals surface area contributed by atoms with Gasteiger partial charge in [0.05, 0.1) is 18.8 Å². The van der Waals surface area contributed by atoms with Crippen molar-refractivity contribution in [1.29, 1.82) is 0 Å². The summed E-state index contributed by atoms with van der Waals surface area (Å²) in [5.74, 6) is -0.0887. The number of allylic oxidation sites excluding steroid dienone is 11. The summed E-state index contributed by atoms with van der Waals surface area (Å²) in [6.07, 6.45) is 71.9. The lowest BCUT2D eigenvalue weighted by atomic mass is 10.0. The highest BCUT2D eigenvalue weighted by molar-refractivity contribution is 5.76. The highest BCUT2D eigenvalue weighted by Gasteiger charge is 2.17. The van der Waals surface area contributed by atoms with Gasteiger partial charge < -0.3 is 15.5 Å². The van der Waals surface area contributed by atoms with Crippen molar-refractivity contribution in [3.63, 3.8) is 0 Å². The smallest absolute Gasteiger partial charge is 0.220 e. The Bertz CT molecular complexity index is 1020. The average Bonchev–Trinajstić information content (AvgIpc) is 3.24. The number of aliphatic hydroxyl groups excluding tert-OH is 2. The highest BCUT2D eigenvalue weighted by Crippen LogP contribution is 2.16. The molecule has 0 aromatic heterocycles. The molecular weight excluding hydrogens is 723 g/mol. The minimum atomic E-state index is -0.873. The van der Waals surface area contributed by atoms with E-state index >= 15 is 0 Å². The van der Waals surface area contributed by atoms with Crippen LogP contribution in [0.5, 0.6) is 0 Å². The number of hydrogen-bond donors (Lipinski definition) is 3. The molecule has 0 aliphatic rings. The van der Waals surface area contributed by atoms with Gasteiger partial charge in [-0.3, -0.25) is 4.79 Å². The molecule has 0 aliphatic carbocycles. The Hall–Kier alpha value is -2.17. The van der Waals surface area contributed by atoms with Gasteiger partial charge in [0.2, 0.25) is 5.91 Å². The summed E-state index contributed by atoms with van der Waals surface area (Å²) >= 11 is 0. The van der Waals surface area contributed by atoms with Crippen LogP contribution >= 0.6 is 0 Å². The van der Waals surface area contributed by atoms with Crippen molar-refractivity contribution in [1.82, 2.24) is 5.32 Å². The third kappa shape index (κ3) is 46.7. The second-order valence-corrected chi connectivity index (χ2v) is 17.2. The zero-order valence-electron chi connectivity index (χ0n) is 39.3. The van der Waals surface area contributed by atoms with Crippen LogP contribution in [0.2, 0.25) is 0 Å². The summed E-state index contributed by atoms with van der Waals surface area (Å²) < 4.78 is 0. The van der Waals surface area contributed by atoms with Crippen LogP contribution in [0.25, 0.3) is 0 Å². The third-order valence-electron chi connectivity index (χ3n) is 11.4. The molecule has 0 heterocycles. The number of nitrogens with one attached hydrogen (secondary N) is 1. The molecule has 0 spiro atoms. The molecule has 0 aromatic carbocycles. The molecule has 0 radical (unpaired) electrons. The first-order valence-electron chi connectivity index (χ1n) is 25.7. The van der Waals surface area contributed by atoms with E-state index in [-0.39, 0.29) is 12.5 Å². The van der Waals surface area contributed by atoms with E-state index in [9.17, 15) is 15.0 Å². The first kappa shape index (κ1) is 56.8. The monoisotopic (exact) mass is 822 g/mol. The molecule has 342 valence electrons. The van der Waals surface area contributed by atoms with E-state index in [0.717, 1.165) is 70.6 Å². The molecule has 0 saturated carbocycles. The van der Waals surface area contributed by atoms with Crippen LogP contribution in [0.3, 0.4) is 0 Å². The SMILES string of the molecule is CC/C=C\C/C=C\C/C=C\C/C=C\CCCCCCCCC(=O)NC(CO)C(O)/C=C/CC/C=C/CCCCCCCCCCCCCCCCCCCCCCCC. The molecule has 59 heavy (non-hydrogen) atoms. The van der Waals surface area contributed by atoms with Crippen molar-refractivity contribution in [3.05, 3.63) is 72.9 Å². The van der Waals surface area contributed by atoms with Crippen LogP contribution in [0, 0.1) is 0 Å². The Labute approximate surface area is 368 Å². The van der Waals surface area contributed by atoms with Crippen LogP contribution < -0.4 is 5.32 Å². The lowest BCUT2D eigenvalue weighted by Crippen LogP contribution is -2.45. The number of hydrogen-bond acceptors (Lipinski definition) is 3. The van der Waals surface area contributed by atoms with Gasteiger partial charge in [-0.1, -0.05) is 247 Å². The van der Waals surface area contributed by atoms with Crippen LogP contribution in [0.4, 0.5) is 0 Å². The molecule has 4 heteroatoms. The summed E-state index contributed by atoms with van der Waals surface area (Å²) in [5, 5.41) is 23.1. The van der Waals surface area contributed by atoms with Gasteiger partial charge in [-0.25, -0.2) is 0 Å². The summed E-state index contributed by atoms with van der Waals surface area (Å²) in [6.45, 7) is 4.19. The number of carbonyl (C=O) groups excluding carboxylic acids is 1. The highest BCUT2D eigenvalue weighted by atomic mass is 16.3. The molecule has 0 fully saturated rings. The maximum Gasteiger partial charge on any atom is 0.220 e. The van der Waals surface area contributed by atoms with Crippen molar-refractivity contribution >= 4 is 5.91 Å². The van der Waals surface area contributed by atoms with Gasteiger partial charge in [0.1, 0.15) is 0 Å². The molecular formula is C55H99NO3. The van der Waals surface area contributed by atoms with E-state index in [1.807, 2.05) is 6.08 Å². The average molecular weight is 822 g/mol. The van der Waals surface area contributed by atoms with Gasteiger partial charge in [-0.2, -0.15) is 0 Å². The Kier molecular flexibility index (Phi) is 48.3. The second kappa shape index (κ2) is 50.2. The standard InChI is InChI=1S/C55H99NO3/c1-3-5-7-9-11-13-15-17-19-21-23-24-25-26-27-28-29-30-31-33-34-36-38-40-42-44-46-48-50-54(58)53(52-57)56-55(59)51-49-47-45-43-41-39-37-35-32-22-20-18-16-14-12-10-8-6-4-2/h6,8,12,14,18,20,32,35,40,42,48,50,53-54,57-58H,3-5,7,9-11,13,15-17,19,21-31,33-34,36-39,41,43-47,49,51-52H2,1-2H3,(H,56,59)/b8-6-,14-12-,20-18-,35-32-,42-40+,50-48+. The summed E-state index contributed by atoms with van der Waals surface area (Å²) in [6, 6.07) is -0.651. The summed E-state index contributed by atoms with van der Waals surface area (Å²) in [5.41, 5.74) is 0. The molecule has 0 aliphatic heterocycles. The van der Waals surface area contributed by atoms with E-state index < -0.39 is 12.1 Å². The zero-order chi connectivity index (χ0) is 42.8. The van der Waals surface area contributed by atoms with Gasteiger partial charge in [-0.05, 0) is 70.6 Å². The Balaban J connectivity index is 3.58. The first-order chi connectivity index (χ1) is 29.2. The quantitative estimate of drug-likeness (QED) is 0.0423. The summed E-state index contributed by atoms with van der Waals surface area (Å²) in [4.78, 5) is 12.4. The van der Waals surface area contributed by atoms with Gasteiger partial charge in [0.15, 0.2) is 0 Å². The molecule has 2 unspecified atom stereocenters. The molecule has 4 nitrogen and oxygen atoms in total. The van der Waals surface area contributed by atoms with E-state index in [0.29, 0.717) is 6.42 Å². The Morgan fingerprint density at radius 2 is 0.763 bits per heavy atom. The zero-order valence-corrected chi connectivity index (χ0v) is 39.3. The van der Waals surface area contributed by atoms with E-state index in [4.69, 9.17) is 0 Å². The minimum absolute atomic E-state index is 0.0887. The van der Waals surface area contributed by atoms with Gasteiger partial charge in [0, 0.05) is 6.42 Å². The summed E-state index contributed by atoms with van der Waals surface area (Å²) in [7, 11) is 0. The van der Waals surface area contributed by atoms with Gasteiger partial charge >= 0.3 is 0 Å². The fraction of sp³-hybridized carbons (Fsp3) is 0.764. The molecule has 3 N–H and O–H groups in total. The van der Waals surface area contributed by atoms with Gasteiger partial charge in [-0.15, -0.1) is 0 Å². The fourth-order valence-corrected chi connectivity index (χ4v) is 7.54. The number of carbonyl (C=O) groups is 1. The first-order valence-corrected chi connectivity index (χ1v) is 25.7. The predicted molar refractivity (Wildman–Crippen MR) is 262 cm³/mol. The van der Waals surface area contributed by atoms with Crippen LogP contribution in [-0.2, 0) is 4.79 Å². The Morgan fingerprint density at radius 3 is 1.19 bits per heavy atom. The van der Waals surface area contributed by atoms with Crippen molar-refractivity contribution < 1.29 is 15.0 Å². The van der Waals surface area contributed by atoms with E-state index in [2.05, 4.69) is 79.9 Å². The van der Waals surface area contributed by atoms with Crippen LogP contribution in [0.15, 0.2) is 72.9 Å².